The van der Waals surface area contributed by atoms with Crippen molar-refractivity contribution in [3.63, 3.8) is 0 Å². The zero-order chi connectivity index (χ0) is 14.0. The SMILES string of the molecule is Cc1cc(N2CC(CN)C(O)C(N=O)C2)ccc1N. The molecular weight excluding hydrogens is 244 g/mol. The fourth-order valence-electron chi connectivity index (χ4n) is 2.49. The smallest absolute Gasteiger partial charge is 0.135 e. The summed E-state index contributed by atoms with van der Waals surface area (Å²) in [5.74, 6) is -0.144. The summed E-state index contributed by atoms with van der Waals surface area (Å²) in [6.07, 6.45) is -0.756. The molecule has 2 rings (SSSR count). The average Bonchev–Trinajstić information content (AvgIpc) is 2.42. The highest BCUT2D eigenvalue weighted by Crippen LogP contribution is 2.27. The highest BCUT2D eigenvalue weighted by molar-refractivity contribution is 5.58. The summed E-state index contributed by atoms with van der Waals surface area (Å²) < 4.78 is 0. The van der Waals surface area contributed by atoms with E-state index in [1.165, 1.54) is 0 Å². The number of nitrogen functional groups attached to an aromatic ring is 1. The van der Waals surface area contributed by atoms with Crippen LogP contribution in [0.3, 0.4) is 0 Å². The van der Waals surface area contributed by atoms with E-state index < -0.39 is 12.1 Å². The normalized spacial score (nSPS) is 27.3. The van der Waals surface area contributed by atoms with Crippen molar-refractivity contribution < 1.29 is 5.11 Å². The van der Waals surface area contributed by atoms with Crippen molar-refractivity contribution in [1.29, 1.82) is 0 Å². The van der Waals surface area contributed by atoms with Gasteiger partial charge in [-0.15, -0.1) is 0 Å². The standard InChI is InChI=1S/C13H20N4O2/c1-8-4-10(2-3-11(8)15)17-6-9(5-14)13(18)12(7-17)16-19/h2-4,9,12-13,18H,5-7,14-15H2,1H3. The molecule has 3 unspecified atom stereocenters. The number of rotatable bonds is 3. The Morgan fingerprint density at radius 2 is 2.21 bits per heavy atom. The summed E-state index contributed by atoms with van der Waals surface area (Å²) in [5, 5.41) is 13.0. The van der Waals surface area contributed by atoms with Gasteiger partial charge in [0.1, 0.15) is 6.04 Å². The topological polar surface area (TPSA) is 105 Å². The molecule has 0 aliphatic carbocycles. The lowest BCUT2D eigenvalue weighted by Crippen LogP contribution is -2.53. The molecule has 5 N–H and O–H groups in total. The molecular formula is C13H20N4O2. The second kappa shape index (κ2) is 5.54. The van der Waals surface area contributed by atoms with Crippen LogP contribution in [-0.4, -0.2) is 36.9 Å². The summed E-state index contributed by atoms with van der Waals surface area (Å²) in [7, 11) is 0. The molecule has 0 aromatic heterocycles. The van der Waals surface area contributed by atoms with Crippen LogP contribution in [0.4, 0.5) is 11.4 Å². The molecule has 1 saturated heterocycles. The van der Waals surface area contributed by atoms with E-state index in [9.17, 15) is 10.0 Å². The molecule has 0 amide bonds. The minimum absolute atomic E-state index is 0.144. The minimum atomic E-state index is -0.756. The predicted molar refractivity (Wildman–Crippen MR) is 75.9 cm³/mol. The van der Waals surface area contributed by atoms with Crippen molar-refractivity contribution in [2.75, 3.05) is 30.3 Å². The minimum Gasteiger partial charge on any atom is -0.399 e. The summed E-state index contributed by atoms with van der Waals surface area (Å²) >= 11 is 0. The molecule has 3 atom stereocenters. The van der Waals surface area contributed by atoms with Crippen LogP contribution in [0.2, 0.25) is 0 Å². The molecule has 0 spiro atoms. The third-order valence-corrected chi connectivity index (χ3v) is 3.80. The number of hydrogen-bond acceptors (Lipinski definition) is 6. The summed E-state index contributed by atoms with van der Waals surface area (Å²) in [4.78, 5) is 12.9. The second-order valence-electron chi connectivity index (χ2n) is 5.11. The van der Waals surface area contributed by atoms with E-state index in [-0.39, 0.29) is 5.92 Å². The Kier molecular flexibility index (Phi) is 4.01. The van der Waals surface area contributed by atoms with Gasteiger partial charge in [-0.05, 0) is 37.2 Å². The Bertz CT molecular complexity index is 466. The van der Waals surface area contributed by atoms with Crippen LogP contribution >= 0.6 is 0 Å². The van der Waals surface area contributed by atoms with Crippen LogP contribution in [0.15, 0.2) is 23.4 Å². The monoisotopic (exact) mass is 264 g/mol. The predicted octanol–water partition coefficient (Wildman–Crippen LogP) is 0.468. The molecule has 1 fully saturated rings. The first-order chi connectivity index (χ1) is 9.06. The van der Waals surface area contributed by atoms with Crippen LogP contribution in [0.1, 0.15) is 5.56 Å². The Labute approximate surface area is 112 Å². The molecule has 1 aromatic carbocycles. The second-order valence-corrected chi connectivity index (χ2v) is 5.11. The van der Waals surface area contributed by atoms with E-state index in [0.717, 1.165) is 16.9 Å². The van der Waals surface area contributed by atoms with Crippen LogP contribution in [0, 0.1) is 17.7 Å². The van der Waals surface area contributed by atoms with E-state index in [1.54, 1.807) is 0 Å². The van der Waals surface area contributed by atoms with Crippen molar-refractivity contribution in [3.8, 4) is 0 Å². The molecule has 0 radical (unpaired) electrons. The molecule has 6 heteroatoms. The summed E-state index contributed by atoms with van der Waals surface area (Å²) in [6, 6.07) is 5.09. The van der Waals surface area contributed by atoms with Gasteiger partial charge >= 0.3 is 0 Å². The van der Waals surface area contributed by atoms with Crippen molar-refractivity contribution >= 4 is 11.4 Å². The molecule has 0 bridgehead atoms. The number of nitrogens with zero attached hydrogens (tertiary/aromatic N) is 2. The van der Waals surface area contributed by atoms with E-state index in [1.807, 2.05) is 30.0 Å². The highest BCUT2D eigenvalue weighted by atomic mass is 16.3. The third-order valence-electron chi connectivity index (χ3n) is 3.80. The lowest BCUT2D eigenvalue weighted by molar-refractivity contribution is 0.0742. The van der Waals surface area contributed by atoms with Crippen molar-refractivity contribution in [2.24, 2.45) is 16.8 Å². The zero-order valence-electron chi connectivity index (χ0n) is 11.0. The first kappa shape index (κ1) is 13.8. The molecule has 1 aromatic rings. The average molecular weight is 264 g/mol. The van der Waals surface area contributed by atoms with Gasteiger partial charge in [0.2, 0.25) is 0 Å². The van der Waals surface area contributed by atoms with E-state index in [2.05, 4.69) is 5.18 Å². The van der Waals surface area contributed by atoms with Crippen molar-refractivity contribution in [1.82, 2.24) is 0 Å². The molecule has 1 aliphatic rings. The van der Waals surface area contributed by atoms with Crippen LogP contribution < -0.4 is 16.4 Å². The Hall–Kier alpha value is -1.66. The van der Waals surface area contributed by atoms with Gasteiger partial charge in [-0.25, -0.2) is 0 Å². The van der Waals surface area contributed by atoms with Gasteiger partial charge in [-0.2, -0.15) is 4.91 Å². The number of nitrogens with two attached hydrogens (primary N) is 2. The number of piperidine rings is 1. The number of aliphatic hydroxyl groups is 1. The van der Waals surface area contributed by atoms with Crippen LogP contribution in [0.25, 0.3) is 0 Å². The molecule has 1 heterocycles. The number of benzene rings is 1. The maximum absolute atomic E-state index is 10.8. The van der Waals surface area contributed by atoms with Gasteiger partial charge in [0, 0.05) is 30.4 Å². The largest absolute Gasteiger partial charge is 0.399 e. The first-order valence-corrected chi connectivity index (χ1v) is 6.38. The number of aliphatic hydroxyl groups excluding tert-OH is 1. The number of anilines is 2. The maximum atomic E-state index is 10.8. The van der Waals surface area contributed by atoms with E-state index >= 15 is 0 Å². The Balaban J connectivity index is 2.24. The first-order valence-electron chi connectivity index (χ1n) is 6.38. The quantitative estimate of drug-likeness (QED) is 0.543. The molecule has 1 aliphatic heterocycles. The number of nitroso groups, excluding NO2 is 1. The highest BCUT2D eigenvalue weighted by Gasteiger charge is 2.36. The number of hydrogen-bond donors (Lipinski definition) is 3. The van der Waals surface area contributed by atoms with Gasteiger partial charge in [0.05, 0.1) is 6.10 Å². The zero-order valence-corrected chi connectivity index (χ0v) is 11.0. The van der Waals surface area contributed by atoms with Gasteiger partial charge in [0.25, 0.3) is 0 Å². The van der Waals surface area contributed by atoms with Gasteiger partial charge < -0.3 is 21.5 Å². The summed E-state index contributed by atoms with van der Waals surface area (Å²) in [5.41, 5.74) is 14.2. The van der Waals surface area contributed by atoms with Gasteiger partial charge in [-0.3, -0.25) is 0 Å². The Morgan fingerprint density at radius 3 is 2.79 bits per heavy atom. The van der Waals surface area contributed by atoms with E-state index in [0.29, 0.717) is 19.6 Å². The fraction of sp³-hybridized carbons (Fsp3) is 0.538. The molecule has 6 nitrogen and oxygen atoms in total. The molecule has 19 heavy (non-hydrogen) atoms. The van der Waals surface area contributed by atoms with E-state index in [4.69, 9.17) is 11.5 Å². The Morgan fingerprint density at radius 1 is 1.47 bits per heavy atom. The van der Waals surface area contributed by atoms with Gasteiger partial charge in [-0.1, -0.05) is 5.18 Å². The number of aryl methyl sites for hydroxylation is 1. The van der Waals surface area contributed by atoms with Crippen molar-refractivity contribution in [2.45, 2.75) is 19.1 Å². The lowest BCUT2D eigenvalue weighted by atomic mass is 9.91. The van der Waals surface area contributed by atoms with Gasteiger partial charge in [0.15, 0.2) is 0 Å². The fourth-order valence-corrected chi connectivity index (χ4v) is 2.49. The molecule has 0 saturated carbocycles. The van der Waals surface area contributed by atoms with Crippen molar-refractivity contribution in [3.05, 3.63) is 28.7 Å². The van der Waals surface area contributed by atoms with Crippen LogP contribution in [0.5, 0.6) is 0 Å². The van der Waals surface area contributed by atoms with Crippen LogP contribution in [-0.2, 0) is 0 Å². The maximum Gasteiger partial charge on any atom is 0.135 e. The molecule has 104 valence electrons. The lowest BCUT2D eigenvalue weighted by Gasteiger charge is -2.39. The third kappa shape index (κ3) is 2.69. The summed E-state index contributed by atoms with van der Waals surface area (Å²) in [6.45, 7) is 3.29.